The summed E-state index contributed by atoms with van der Waals surface area (Å²) in [5.74, 6) is 0. The Morgan fingerprint density at radius 2 is 2.00 bits per heavy atom. The molecule has 0 aromatic heterocycles. The summed E-state index contributed by atoms with van der Waals surface area (Å²) < 4.78 is 0. The van der Waals surface area contributed by atoms with E-state index in [-0.39, 0.29) is 5.54 Å². The standard InChI is InChI=1S/C10H22N2/c1-6-7-8-11-9-10(2,3)12(4)5/h6,11H,1,7-9H2,2-5H3. The molecule has 0 saturated carbocycles. The predicted molar refractivity (Wildman–Crippen MR) is 55.4 cm³/mol. The number of nitrogens with one attached hydrogen (secondary N) is 1. The fourth-order valence-electron chi connectivity index (χ4n) is 0.757. The molecule has 1 N–H and O–H groups in total. The van der Waals surface area contributed by atoms with Gasteiger partial charge in [0.05, 0.1) is 0 Å². The van der Waals surface area contributed by atoms with Crippen LogP contribution in [0.1, 0.15) is 20.3 Å². The van der Waals surface area contributed by atoms with Crippen LogP contribution in [0.15, 0.2) is 12.7 Å². The maximum atomic E-state index is 3.68. The van der Waals surface area contributed by atoms with Crippen LogP contribution in [0, 0.1) is 0 Å². The van der Waals surface area contributed by atoms with Crippen LogP contribution < -0.4 is 5.32 Å². The van der Waals surface area contributed by atoms with E-state index >= 15 is 0 Å². The maximum Gasteiger partial charge on any atom is 0.0271 e. The van der Waals surface area contributed by atoms with Crippen LogP contribution >= 0.6 is 0 Å². The third kappa shape index (κ3) is 4.52. The van der Waals surface area contributed by atoms with Gasteiger partial charge in [0.1, 0.15) is 0 Å². The molecule has 0 aliphatic rings. The SMILES string of the molecule is C=CCCNCC(C)(C)N(C)C. The molecular weight excluding hydrogens is 148 g/mol. The Morgan fingerprint density at radius 1 is 1.42 bits per heavy atom. The molecule has 0 rings (SSSR count). The van der Waals surface area contributed by atoms with Crippen LogP contribution in [-0.2, 0) is 0 Å². The molecule has 0 amide bonds. The van der Waals surface area contributed by atoms with Crippen molar-refractivity contribution in [3.8, 4) is 0 Å². The molecule has 2 heteroatoms. The van der Waals surface area contributed by atoms with E-state index in [0.29, 0.717) is 0 Å². The van der Waals surface area contributed by atoms with Crippen molar-refractivity contribution in [1.29, 1.82) is 0 Å². The number of hydrogen-bond acceptors (Lipinski definition) is 2. The van der Waals surface area contributed by atoms with Crippen molar-refractivity contribution < 1.29 is 0 Å². The quantitative estimate of drug-likeness (QED) is 0.480. The van der Waals surface area contributed by atoms with Gasteiger partial charge < -0.3 is 10.2 Å². The molecule has 0 aromatic carbocycles. The molecule has 0 aliphatic carbocycles. The van der Waals surface area contributed by atoms with Gasteiger partial charge >= 0.3 is 0 Å². The summed E-state index contributed by atoms with van der Waals surface area (Å²) in [4.78, 5) is 2.23. The van der Waals surface area contributed by atoms with Crippen molar-refractivity contribution in [3.05, 3.63) is 12.7 Å². The lowest BCUT2D eigenvalue weighted by atomic mass is 10.0. The van der Waals surface area contributed by atoms with E-state index in [1.54, 1.807) is 0 Å². The fraction of sp³-hybridized carbons (Fsp3) is 0.800. The van der Waals surface area contributed by atoms with Crippen LogP contribution in [0.4, 0.5) is 0 Å². The average molecular weight is 170 g/mol. The van der Waals surface area contributed by atoms with Gasteiger partial charge in [-0.25, -0.2) is 0 Å². The molecule has 0 atom stereocenters. The first kappa shape index (κ1) is 11.7. The van der Waals surface area contributed by atoms with Gasteiger partial charge in [0, 0.05) is 12.1 Å². The molecule has 0 aliphatic heterocycles. The first-order valence-corrected chi connectivity index (χ1v) is 4.50. The highest BCUT2D eigenvalue weighted by Crippen LogP contribution is 2.07. The molecule has 2 nitrogen and oxygen atoms in total. The molecule has 0 bridgehead atoms. The molecule has 0 spiro atoms. The first-order chi connectivity index (χ1) is 5.50. The molecule has 0 aromatic rings. The summed E-state index contributed by atoms with van der Waals surface area (Å²) in [6.07, 6.45) is 2.99. The van der Waals surface area contributed by atoms with Gasteiger partial charge in [0.2, 0.25) is 0 Å². The minimum absolute atomic E-state index is 0.237. The third-order valence-electron chi connectivity index (χ3n) is 2.29. The van der Waals surface area contributed by atoms with Gasteiger partial charge in [-0.15, -0.1) is 6.58 Å². The van der Waals surface area contributed by atoms with E-state index in [2.05, 4.69) is 44.7 Å². The highest BCUT2D eigenvalue weighted by Gasteiger charge is 2.18. The molecule has 0 radical (unpaired) electrons. The lowest BCUT2D eigenvalue weighted by Crippen LogP contribution is -2.46. The zero-order valence-electron chi connectivity index (χ0n) is 8.85. The Morgan fingerprint density at radius 3 is 2.42 bits per heavy atom. The van der Waals surface area contributed by atoms with Crippen LogP contribution in [0.5, 0.6) is 0 Å². The van der Waals surface area contributed by atoms with E-state index in [1.807, 2.05) is 6.08 Å². The number of likely N-dealkylation sites (N-methyl/N-ethyl adjacent to an activating group) is 1. The first-order valence-electron chi connectivity index (χ1n) is 4.50. The lowest BCUT2D eigenvalue weighted by molar-refractivity contribution is 0.191. The molecule has 12 heavy (non-hydrogen) atoms. The summed E-state index contributed by atoms with van der Waals surface area (Å²) in [5, 5.41) is 3.40. The molecule has 0 unspecified atom stereocenters. The van der Waals surface area contributed by atoms with E-state index in [0.717, 1.165) is 19.5 Å². The largest absolute Gasteiger partial charge is 0.315 e. The zero-order valence-corrected chi connectivity index (χ0v) is 8.85. The predicted octanol–water partition coefficient (Wildman–Crippen LogP) is 1.49. The molecule has 72 valence electrons. The van der Waals surface area contributed by atoms with Gasteiger partial charge in [-0.05, 0) is 40.9 Å². The van der Waals surface area contributed by atoms with Crippen LogP contribution in [0.3, 0.4) is 0 Å². The Balaban J connectivity index is 3.54. The van der Waals surface area contributed by atoms with Crippen molar-refractivity contribution in [3.63, 3.8) is 0 Å². The Hall–Kier alpha value is -0.340. The average Bonchev–Trinajstić information content (AvgIpc) is 1.98. The smallest absolute Gasteiger partial charge is 0.0271 e. The highest BCUT2D eigenvalue weighted by atomic mass is 15.2. The van der Waals surface area contributed by atoms with Gasteiger partial charge in [0.15, 0.2) is 0 Å². The number of nitrogens with zero attached hydrogens (tertiary/aromatic N) is 1. The second-order valence-corrected chi connectivity index (χ2v) is 3.96. The monoisotopic (exact) mass is 170 g/mol. The fourth-order valence-corrected chi connectivity index (χ4v) is 0.757. The van der Waals surface area contributed by atoms with E-state index in [9.17, 15) is 0 Å². The van der Waals surface area contributed by atoms with Crippen molar-refractivity contribution in [2.75, 3.05) is 27.2 Å². The van der Waals surface area contributed by atoms with Crippen molar-refractivity contribution >= 4 is 0 Å². The Labute approximate surface area is 76.6 Å². The van der Waals surface area contributed by atoms with Crippen LogP contribution in [0.2, 0.25) is 0 Å². The molecular formula is C10H22N2. The van der Waals surface area contributed by atoms with E-state index in [4.69, 9.17) is 0 Å². The van der Waals surface area contributed by atoms with Crippen molar-refractivity contribution in [2.45, 2.75) is 25.8 Å². The Kier molecular flexibility index (Phi) is 5.18. The second-order valence-electron chi connectivity index (χ2n) is 3.96. The highest BCUT2D eigenvalue weighted by molar-refractivity contribution is 4.80. The third-order valence-corrected chi connectivity index (χ3v) is 2.29. The summed E-state index contributed by atoms with van der Waals surface area (Å²) in [7, 11) is 4.21. The molecule has 0 heterocycles. The van der Waals surface area contributed by atoms with Crippen LogP contribution in [0.25, 0.3) is 0 Å². The van der Waals surface area contributed by atoms with Crippen molar-refractivity contribution in [2.24, 2.45) is 0 Å². The van der Waals surface area contributed by atoms with Crippen molar-refractivity contribution in [1.82, 2.24) is 10.2 Å². The Bertz CT molecular complexity index is 128. The molecule has 0 saturated heterocycles. The van der Waals surface area contributed by atoms with E-state index in [1.165, 1.54) is 0 Å². The molecule has 0 fully saturated rings. The van der Waals surface area contributed by atoms with Gasteiger partial charge in [-0.1, -0.05) is 6.08 Å². The summed E-state index contributed by atoms with van der Waals surface area (Å²) >= 11 is 0. The van der Waals surface area contributed by atoms with Gasteiger partial charge in [-0.2, -0.15) is 0 Å². The van der Waals surface area contributed by atoms with Gasteiger partial charge in [-0.3, -0.25) is 0 Å². The number of rotatable bonds is 6. The van der Waals surface area contributed by atoms with Gasteiger partial charge in [0.25, 0.3) is 0 Å². The second kappa shape index (κ2) is 5.33. The van der Waals surface area contributed by atoms with E-state index < -0.39 is 0 Å². The normalized spacial score (nSPS) is 12.1. The minimum atomic E-state index is 0.237. The van der Waals surface area contributed by atoms with Crippen LogP contribution in [-0.4, -0.2) is 37.6 Å². The topological polar surface area (TPSA) is 15.3 Å². The lowest BCUT2D eigenvalue weighted by Gasteiger charge is -2.32. The summed E-state index contributed by atoms with van der Waals surface area (Å²) in [6, 6.07) is 0. The zero-order chi connectivity index (χ0) is 9.61. The summed E-state index contributed by atoms with van der Waals surface area (Å²) in [5.41, 5.74) is 0.237. The maximum absolute atomic E-state index is 3.68. The number of hydrogen-bond donors (Lipinski definition) is 1. The summed E-state index contributed by atoms with van der Waals surface area (Å²) in [6.45, 7) is 10.2. The minimum Gasteiger partial charge on any atom is -0.315 e.